The number of carboxylic acid groups (broad SMARTS) is 1. The van der Waals surface area contributed by atoms with Crippen molar-refractivity contribution in [2.45, 2.75) is 12.8 Å². The van der Waals surface area contributed by atoms with Crippen molar-refractivity contribution in [2.75, 3.05) is 26.2 Å². The van der Waals surface area contributed by atoms with Crippen LogP contribution < -0.4 is 14.4 Å². The van der Waals surface area contributed by atoms with Crippen molar-refractivity contribution in [1.29, 1.82) is 0 Å². The number of hydrogen-bond acceptors (Lipinski definition) is 4. The molecule has 0 aromatic heterocycles. The van der Waals surface area contributed by atoms with E-state index in [1.54, 1.807) is 32.4 Å². The number of ether oxygens (including phenoxy) is 2. The number of hydrogen-bond donors (Lipinski definition) is 1. The predicted molar refractivity (Wildman–Crippen MR) is 76.8 cm³/mol. The molecule has 114 valence electrons. The highest BCUT2D eigenvalue weighted by atomic mass is 16.5. The number of benzene rings is 1. The molecule has 2 rings (SSSR count). The van der Waals surface area contributed by atoms with Gasteiger partial charge in [0.25, 0.3) is 0 Å². The van der Waals surface area contributed by atoms with Crippen molar-refractivity contribution in [3.8, 4) is 11.5 Å². The average molecular weight is 293 g/mol. The van der Waals surface area contributed by atoms with Crippen LogP contribution in [0.25, 0.3) is 0 Å². The minimum absolute atomic E-state index is 0.197. The summed E-state index contributed by atoms with van der Waals surface area (Å²) < 4.78 is 10.4. The Balaban J connectivity index is 2.21. The van der Waals surface area contributed by atoms with E-state index < -0.39 is 17.8 Å². The molecule has 2 atom stereocenters. The van der Waals surface area contributed by atoms with Crippen molar-refractivity contribution in [3.63, 3.8) is 0 Å². The monoisotopic (exact) mass is 293 g/mol. The van der Waals surface area contributed by atoms with Gasteiger partial charge in [0, 0.05) is 13.1 Å². The summed E-state index contributed by atoms with van der Waals surface area (Å²) in [5, 5.41) is 9.06. The van der Waals surface area contributed by atoms with E-state index in [-0.39, 0.29) is 5.91 Å². The Morgan fingerprint density at radius 2 is 1.86 bits per heavy atom. The first kappa shape index (κ1) is 15.2. The third-order valence-corrected chi connectivity index (χ3v) is 3.99. The molecule has 1 N–H and O–H groups in total. The lowest BCUT2D eigenvalue weighted by atomic mass is 9.73. The minimum Gasteiger partial charge on any atom is -0.497 e. The first-order valence-electron chi connectivity index (χ1n) is 6.72. The molecule has 0 aliphatic heterocycles. The highest BCUT2D eigenvalue weighted by molar-refractivity contribution is 5.98. The van der Waals surface area contributed by atoms with Crippen LogP contribution in [0.3, 0.4) is 0 Å². The van der Waals surface area contributed by atoms with Crippen LogP contribution in [0.4, 0.5) is 5.69 Å². The number of nitrogens with zero attached hydrogens (tertiary/aromatic N) is 1. The fourth-order valence-corrected chi connectivity index (χ4v) is 2.52. The Morgan fingerprint density at radius 3 is 2.33 bits per heavy atom. The molecule has 21 heavy (non-hydrogen) atoms. The molecule has 0 spiro atoms. The van der Waals surface area contributed by atoms with Crippen LogP contribution in [0, 0.1) is 11.8 Å². The summed E-state index contributed by atoms with van der Waals surface area (Å²) in [6.45, 7) is 0. The van der Waals surface area contributed by atoms with Crippen LogP contribution in [0.5, 0.6) is 11.5 Å². The quantitative estimate of drug-likeness (QED) is 0.895. The van der Waals surface area contributed by atoms with Gasteiger partial charge >= 0.3 is 5.97 Å². The van der Waals surface area contributed by atoms with Gasteiger partial charge in [-0.2, -0.15) is 0 Å². The van der Waals surface area contributed by atoms with Gasteiger partial charge in [-0.15, -0.1) is 0 Å². The SMILES string of the molecule is COc1ccc(N(C)C(=O)C2CCC2C(=O)O)c(OC)c1. The first-order chi connectivity index (χ1) is 9.99. The number of carboxylic acids is 1. The Hall–Kier alpha value is -2.24. The standard InChI is InChI=1S/C15H19NO5/c1-16(14(17)10-5-6-11(10)15(18)19)12-7-4-9(20-2)8-13(12)21-3/h4,7-8,10-11H,5-6H2,1-3H3,(H,18,19). The number of methoxy groups -OCH3 is 2. The number of aliphatic carboxylic acids is 1. The summed E-state index contributed by atoms with van der Waals surface area (Å²) in [6.07, 6.45) is 1.16. The Morgan fingerprint density at radius 1 is 1.19 bits per heavy atom. The predicted octanol–water partition coefficient (Wildman–Crippen LogP) is 1.78. The summed E-state index contributed by atoms with van der Waals surface area (Å²) in [5.74, 6) is -1.00. The second-order valence-corrected chi connectivity index (χ2v) is 5.06. The molecule has 1 aliphatic rings. The number of rotatable bonds is 5. The van der Waals surface area contributed by atoms with E-state index in [4.69, 9.17) is 14.6 Å². The molecule has 6 nitrogen and oxygen atoms in total. The molecule has 1 aromatic rings. The maximum absolute atomic E-state index is 12.4. The second kappa shape index (κ2) is 6.03. The lowest BCUT2D eigenvalue weighted by molar-refractivity contribution is -0.151. The molecule has 6 heteroatoms. The molecular formula is C15H19NO5. The highest BCUT2D eigenvalue weighted by Gasteiger charge is 2.43. The van der Waals surface area contributed by atoms with Crippen LogP contribution in [0.2, 0.25) is 0 Å². The molecule has 1 aliphatic carbocycles. The maximum atomic E-state index is 12.4. The van der Waals surface area contributed by atoms with Crippen LogP contribution >= 0.6 is 0 Å². The summed E-state index contributed by atoms with van der Waals surface area (Å²) in [5.41, 5.74) is 0.597. The van der Waals surface area contributed by atoms with Gasteiger partial charge in [0.1, 0.15) is 11.5 Å². The molecule has 0 saturated heterocycles. The van der Waals surface area contributed by atoms with Crippen LogP contribution in [0.1, 0.15) is 12.8 Å². The fraction of sp³-hybridized carbons (Fsp3) is 0.467. The average Bonchev–Trinajstić information content (AvgIpc) is 2.43. The molecule has 2 unspecified atom stereocenters. The highest BCUT2D eigenvalue weighted by Crippen LogP contribution is 2.38. The van der Waals surface area contributed by atoms with Gasteiger partial charge in [-0.1, -0.05) is 0 Å². The number of anilines is 1. The number of carbonyl (C=O) groups excluding carboxylic acids is 1. The Kier molecular flexibility index (Phi) is 4.35. The van der Waals surface area contributed by atoms with Crippen molar-refractivity contribution >= 4 is 17.6 Å². The van der Waals surface area contributed by atoms with E-state index >= 15 is 0 Å². The number of carbonyl (C=O) groups is 2. The second-order valence-electron chi connectivity index (χ2n) is 5.06. The molecule has 0 radical (unpaired) electrons. The maximum Gasteiger partial charge on any atom is 0.307 e. The van der Waals surface area contributed by atoms with Gasteiger partial charge in [0.15, 0.2) is 0 Å². The summed E-state index contributed by atoms with van der Waals surface area (Å²) in [4.78, 5) is 24.9. The minimum atomic E-state index is -0.908. The summed E-state index contributed by atoms with van der Waals surface area (Å²) >= 11 is 0. The number of amides is 1. The van der Waals surface area contributed by atoms with E-state index in [1.807, 2.05) is 0 Å². The Bertz CT molecular complexity index is 557. The topological polar surface area (TPSA) is 76.1 Å². The van der Waals surface area contributed by atoms with Gasteiger partial charge in [0.05, 0.1) is 31.7 Å². The van der Waals surface area contributed by atoms with Crippen LogP contribution in [-0.4, -0.2) is 38.3 Å². The molecular weight excluding hydrogens is 274 g/mol. The lowest BCUT2D eigenvalue weighted by Gasteiger charge is -2.35. The van der Waals surface area contributed by atoms with Gasteiger partial charge in [0.2, 0.25) is 5.91 Å². The third-order valence-electron chi connectivity index (χ3n) is 3.99. The Labute approximate surface area is 123 Å². The molecule has 0 bridgehead atoms. The van der Waals surface area contributed by atoms with Crippen LogP contribution in [0.15, 0.2) is 18.2 Å². The zero-order valence-corrected chi connectivity index (χ0v) is 12.3. The van der Waals surface area contributed by atoms with Gasteiger partial charge in [-0.05, 0) is 25.0 Å². The fourth-order valence-electron chi connectivity index (χ4n) is 2.52. The van der Waals surface area contributed by atoms with Crippen LogP contribution in [-0.2, 0) is 9.59 Å². The van der Waals surface area contributed by atoms with E-state index in [9.17, 15) is 9.59 Å². The van der Waals surface area contributed by atoms with Gasteiger partial charge in [-0.25, -0.2) is 0 Å². The molecule has 1 saturated carbocycles. The third kappa shape index (κ3) is 2.79. The summed E-state index contributed by atoms with van der Waals surface area (Å²) in [7, 11) is 4.69. The lowest BCUT2D eigenvalue weighted by Crippen LogP contribution is -2.45. The van der Waals surface area contributed by atoms with E-state index in [0.29, 0.717) is 30.0 Å². The van der Waals surface area contributed by atoms with Crippen molar-refractivity contribution in [2.24, 2.45) is 11.8 Å². The van der Waals surface area contributed by atoms with Crippen molar-refractivity contribution in [1.82, 2.24) is 0 Å². The molecule has 1 fully saturated rings. The molecule has 1 amide bonds. The largest absolute Gasteiger partial charge is 0.497 e. The zero-order chi connectivity index (χ0) is 15.6. The van der Waals surface area contributed by atoms with Crippen molar-refractivity contribution in [3.05, 3.63) is 18.2 Å². The summed E-state index contributed by atoms with van der Waals surface area (Å²) in [6, 6.07) is 5.15. The van der Waals surface area contributed by atoms with E-state index in [0.717, 1.165) is 0 Å². The van der Waals surface area contributed by atoms with Gasteiger partial charge in [-0.3, -0.25) is 9.59 Å². The molecule has 1 aromatic carbocycles. The molecule has 0 heterocycles. The zero-order valence-electron chi connectivity index (χ0n) is 12.3. The normalized spacial score (nSPS) is 20.3. The van der Waals surface area contributed by atoms with Crippen molar-refractivity contribution < 1.29 is 24.2 Å². The van der Waals surface area contributed by atoms with Gasteiger partial charge < -0.3 is 19.5 Å². The first-order valence-corrected chi connectivity index (χ1v) is 6.72. The van der Waals surface area contributed by atoms with E-state index in [1.165, 1.54) is 12.0 Å². The van der Waals surface area contributed by atoms with E-state index in [2.05, 4.69) is 0 Å². The smallest absolute Gasteiger partial charge is 0.307 e.